The molecule has 0 aliphatic heterocycles. The molecule has 0 spiro atoms. The van der Waals surface area contributed by atoms with Crippen LogP contribution in [0.4, 0.5) is 4.39 Å². The third kappa shape index (κ3) is 2.81. The molecule has 4 nitrogen and oxygen atoms in total. The van der Waals surface area contributed by atoms with Gasteiger partial charge in [0.05, 0.1) is 10.5 Å². The highest BCUT2D eigenvalue weighted by Gasteiger charge is 2.26. The van der Waals surface area contributed by atoms with E-state index in [-0.39, 0.29) is 22.1 Å². The molecule has 0 heterocycles. The van der Waals surface area contributed by atoms with Crippen LogP contribution in [0.5, 0.6) is 0 Å². The number of hydrogen-bond donors (Lipinski definition) is 1. The Morgan fingerprint density at radius 3 is 2.56 bits per heavy atom. The Kier molecular flexibility index (Phi) is 3.33. The fraction of sp³-hybridized carbons (Fsp3) is 0.364. The van der Waals surface area contributed by atoms with Gasteiger partial charge in [-0.05, 0) is 37.5 Å². The first-order valence-electron chi connectivity index (χ1n) is 5.34. The second-order valence-electron chi connectivity index (χ2n) is 4.29. The summed E-state index contributed by atoms with van der Waals surface area (Å²) >= 11 is 0. The molecule has 0 unspecified atom stereocenters. The van der Waals surface area contributed by atoms with E-state index in [1.807, 2.05) is 0 Å². The maximum absolute atomic E-state index is 13.8. The standard InChI is InChI=1S/C11H11ClFNO3S/c1-6-4-8(18(12,16)17)5-9(10(6)13)11(15)14-7-2-3-7/h4-5,7H,2-3H2,1H3,(H,14,15). The van der Waals surface area contributed by atoms with E-state index in [1.165, 1.54) is 6.92 Å². The van der Waals surface area contributed by atoms with Crippen LogP contribution in [0.2, 0.25) is 0 Å². The van der Waals surface area contributed by atoms with Gasteiger partial charge in [0.1, 0.15) is 5.82 Å². The number of hydrogen-bond acceptors (Lipinski definition) is 3. The van der Waals surface area contributed by atoms with Crippen molar-refractivity contribution in [1.29, 1.82) is 0 Å². The molecule has 0 aromatic heterocycles. The van der Waals surface area contributed by atoms with E-state index in [9.17, 15) is 17.6 Å². The van der Waals surface area contributed by atoms with Gasteiger partial charge < -0.3 is 5.32 Å². The van der Waals surface area contributed by atoms with E-state index in [4.69, 9.17) is 10.7 Å². The van der Waals surface area contributed by atoms with Crippen LogP contribution in [0.1, 0.15) is 28.8 Å². The molecule has 0 radical (unpaired) electrons. The SMILES string of the molecule is Cc1cc(S(=O)(=O)Cl)cc(C(=O)NC2CC2)c1F. The lowest BCUT2D eigenvalue weighted by atomic mass is 10.1. The van der Waals surface area contributed by atoms with Gasteiger partial charge in [-0.2, -0.15) is 0 Å². The molecule has 1 aliphatic rings. The average molecular weight is 292 g/mol. The van der Waals surface area contributed by atoms with E-state index in [0.717, 1.165) is 25.0 Å². The first-order valence-corrected chi connectivity index (χ1v) is 7.65. The van der Waals surface area contributed by atoms with Crippen LogP contribution < -0.4 is 5.32 Å². The van der Waals surface area contributed by atoms with E-state index in [0.29, 0.717) is 0 Å². The maximum Gasteiger partial charge on any atom is 0.261 e. The van der Waals surface area contributed by atoms with E-state index in [1.54, 1.807) is 0 Å². The summed E-state index contributed by atoms with van der Waals surface area (Å²) in [5, 5.41) is 2.60. The van der Waals surface area contributed by atoms with Gasteiger partial charge in [-0.1, -0.05) is 0 Å². The quantitative estimate of drug-likeness (QED) is 0.866. The molecule has 2 rings (SSSR count). The van der Waals surface area contributed by atoms with Crippen molar-refractivity contribution < 1.29 is 17.6 Å². The van der Waals surface area contributed by atoms with Gasteiger partial charge in [0.15, 0.2) is 0 Å². The fourth-order valence-corrected chi connectivity index (χ4v) is 2.38. The minimum absolute atomic E-state index is 0.0634. The normalized spacial score (nSPS) is 15.5. The molecular formula is C11H11ClFNO3S. The second kappa shape index (κ2) is 4.51. The molecule has 1 aliphatic carbocycles. The number of halogens is 2. The molecule has 1 aromatic rings. The summed E-state index contributed by atoms with van der Waals surface area (Å²) in [5.41, 5.74) is -0.223. The van der Waals surface area contributed by atoms with Crippen molar-refractivity contribution in [3.05, 3.63) is 29.1 Å². The van der Waals surface area contributed by atoms with Gasteiger partial charge in [0.2, 0.25) is 0 Å². The highest BCUT2D eigenvalue weighted by Crippen LogP contribution is 2.24. The molecule has 1 N–H and O–H groups in total. The predicted molar refractivity (Wildman–Crippen MR) is 64.7 cm³/mol. The molecule has 7 heteroatoms. The smallest absolute Gasteiger partial charge is 0.261 e. The minimum Gasteiger partial charge on any atom is -0.349 e. The van der Waals surface area contributed by atoms with Crippen molar-refractivity contribution in [2.75, 3.05) is 0 Å². The number of carbonyl (C=O) groups excluding carboxylic acids is 1. The van der Waals surface area contributed by atoms with Crippen molar-refractivity contribution >= 4 is 25.6 Å². The molecule has 0 atom stereocenters. The number of aryl methyl sites for hydroxylation is 1. The summed E-state index contributed by atoms with van der Waals surface area (Å²) in [6.45, 7) is 1.38. The number of nitrogens with one attached hydrogen (secondary N) is 1. The lowest BCUT2D eigenvalue weighted by Gasteiger charge is -2.08. The highest BCUT2D eigenvalue weighted by atomic mass is 35.7. The third-order valence-corrected chi connectivity index (χ3v) is 4.00. The summed E-state index contributed by atoms with van der Waals surface area (Å²) in [6.07, 6.45) is 1.72. The maximum atomic E-state index is 13.8. The molecule has 18 heavy (non-hydrogen) atoms. The van der Waals surface area contributed by atoms with Gasteiger partial charge >= 0.3 is 0 Å². The Labute approximate surface area is 109 Å². The lowest BCUT2D eigenvalue weighted by molar-refractivity contribution is 0.0946. The van der Waals surface area contributed by atoms with E-state index >= 15 is 0 Å². The summed E-state index contributed by atoms with van der Waals surface area (Å²) in [6, 6.07) is 2.13. The van der Waals surface area contributed by atoms with Crippen LogP contribution in [-0.2, 0) is 9.05 Å². The summed E-state index contributed by atoms with van der Waals surface area (Å²) < 4.78 is 36.2. The van der Waals surface area contributed by atoms with Gasteiger partial charge in [0.25, 0.3) is 15.0 Å². The summed E-state index contributed by atoms with van der Waals surface area (Å²) in [4.78, 5) is 11.5. The monoisotopic (exact) mass is 291 g/mol. The first-order chi connectivity index (χ1) is 8.29. The Morgan fingerprint density at radius 1 is 1.44 bits per heavy atom. The van der Waals surface area contributed by atoms with Crippen molar-refractivity contribution in [1.82, 2.24) is 5.32 Å². The van der Waals surface area contributed by atoms with E-state index < -0.39 is 20.8 Å². The molecule has 0 saturated heterocycles. The van der Waals surface area contributed by atoms with Crippen molar-refractivity contribution in [3.8, 4) is 0 Å². The Morgan fingerprint density at radius 2 is 2.06 bits per heavy atom. The lowest BCUT2D eigenvalue weighted by Crippen LogP contribution is -2.26. The van der Waals surface area contributed by atoms with Crippen LogP contribution in [-0.4, -0.2) is 20.4 Å². The second-order valence-corrected chi connectivity index (χ2v) is 6.85. The molecule has 0 bridgehead atoms. The molecular weight excluding hydrogens is 281 g/mol. The zero-order valence-electron chi connectivity index (χ0n) is 9.54. The highest BCUT2D eigenvalue weighted by molar-refractivity contribution is 8.13. The van der Waals surface area contributed by atoms with Crippen LogP contribution in [0, 0.1) is 12.7 Å². The van der Waals surface area contributed by atoms with Crippen LogP contribution in [0.3, 0.4) is 0 Å². The Bertz CT molecular complexity index is 611. The number of rotatable bonds is 3. The van der Waals surface area contributed by atoms with Crippen molar-refractivity contribution in [3.63, 3.8) is 0 Å². The number of benzene rings is 1. The summed E-state index contributed by atoms with van der Waals surface area (Å²) in [7, 11) is 1.21. The van der Waals surface area contributed by atoms with E-state index in [2.05, 4.69) is 5.32 Å². The van der Waals surface area contributed by atoms with Crippen LogP contribution >= 0.6 is 10.7 Å². The van der Waals surface area contributed by atoms with Crippen LogP contribution in [0.25, 0.3) is 0 Å². The molecule has 1 aromatic carbocycles. The van der Waals surface area contributed by atoms with Crippen molar-refractivity contribution in [2.45, 2.75) is 30.7 Å². The van der Waals surface area contributed by atoms with Gasteiger partial charge in [-0.25, -0.2) is 12.8 Å². The predicted octanol–water partition coefficient (Wildman–Crippen LogP) is 1.95. The van der Waals surface area contributed by atoms with Crippen LogP contribution in [0.15, 0.2) is 17.0 Å². The molecule has 1 saturated carbocycles. The fourth-order valence-electron chi connectivity index (χ4n) is 1.53. The topological polar surface area (TPSA) is 63.2 Å². The number of carbonyl (C=O) groups is 1. The largest absolute Gasteiger partial charge is 0.349 e. The first kappa shape index (κ1) is 13.3. The van der Waals surface area contributed by atoms with Crippen molar-refractivity contribution in [2.24, 2.45) is 0 Å². The third-order valence-electron chi connectivity index (χ3n) is 2.67. The zero-order chi connectivity index (χ0) is 13.5. The van der Waals surface area contributed by atoms with Gasteiger partial charge in [0, 0.05) is 16.7 Å². The molecule has 98 valence electrons. The Balaban J connectivity index is 2.44. The minimum atomic E-state index is -3.99. The van der Waals surface area contributed by atoms with Gasteiger partial charge in [-0.3, -0.25) is 4.79 Å². The Hall–Kier alpha value is -1.14. The molecule has 1 amide bonds. The average Bonchev–Trinajstić information content (AvgIpc) is 3.03. The number of amides is 1. The van der Waals surface area contributed by atoms with Gasteiger partial charge in [-0.15, -0.1) is 0 Å². The summed E-state index contributed by atoms with van der Waals surface area (Å²) in [5.74, 6) is -1.34. The zero-order valence-corrected chi connectivity index (χ0v) is 11.1. The molecule has 1 fully saturated rings.